The van der Waals surface area contributed by atoms with Crippen molar-refractivity contribution in [3.63, 3.8) is 0 Å². The molecule has 1 saturated heterocycles. The van der Waals surface area contributed by atoms with Crippen LogP contribution in [0.1, 0.15) is 32.0 Å². The van der Waals surface area contributed by atoms with E-state index in [2.05, 4.69) is 72.7 Å². The fraction of sp³-hybridized carbons (Fsp3) is 0.257. The summed E-state index contributed by atoms with van der Waals surface area (Å²) in [5, 5.41) is 13.1. The second-order valence-corrected chi connectivity index (χ2v) is 11.8. The third-order valence-corrected chi connectivity index (χ3v) is 7.79. The van der Waals surface area contributed by atoms with Gasteiger partial charge in [0.15, 0.2) is 0 Å². The molecule has 2 amide bonds. The number of hydrogen-bond acceptors (Lipinski definition) is 4. The van der Waals surface area contributed by atoms with Crippen LogP contribution in [0, 0.1) is 6.92 Å². The van der Waals surface area contributed by atoms with E-state index in [1.165, 1.54) is 5.69 Å². The first-order valence-electron chi connectivity index (χ1n) is 14.5. The maximum absolute atomic E-state index is 13.4. The molecule has 7 heteroatoms. The molecule has 0 atom stereocenters. The maximum Gasteiger partial charge on any atom is 0.324 e. The van der Waals surface area contributed by atoms with Gasteiger partial charge in [-0.3, -0.25) is 5.32 Å². The van der Waals surface area contributed by atoms with Crippen molar-refractivity contribution in [2.24, 2.45) is 0 Å². The zero-order valence-corrected chi connectivity index (χ0v) is 24.6. The van der Waals surface area contributed by atoms with E-state index >= 15 is 0 Å². The minimum Gasteiger partial charge on any atom is -0.378 e. The first-order valence-corrected chi connectivity index (χ1v) is 14.5. The van der Waals surface area contributed by atoms with E-state index in [-0.39, 0.29) is 11.4 Å². The maximum atomic E-state index is 13.4. The number of para-hydroxylation sites is 1. The minimum atomic E-state index is -0.321. The molecule has 6 rings (SSSR count). The molecule has 0 aliphatic carbocycles. The standard InChI is InChI=1S/C35H37N5O2/c1-24-9-5-8-12-31(24)40-33(23-32(38-40)35(2,3)4)37-34(41)36-30-18-17-27(28-10-6-7-11-29(28)30)25-13-15-26(16-14-25)39-19-21-42-22-20-39/h5-18,23H,19-22H2,1-4H3,(H2,36,37,41). The van der Waals surface area contributed by atoms with Crippen molar-refractivity contribution in [2.45, 2.75) is 33.1 Å². The van der Waals surface area contributed by atoms with Gasteiger partial charge in [0.05, 0.1) is 30.3 Å². The van der Waals surface area contributed by atoms with Gasteiger partial charge in [0.25, 0.3) is 0 Å². The number of carbonyl (C=O) groups is 1. The average molecular weight is 560 g/mol. The van der Waals surface area contributed by atoms with Crippen LogP contribution >= 0.6 is 0 Å². The lowest BCUT2D eigenvalue weighted by Crippen LogP contribution is -2.36. The SMILES string of the molecule is Cc1ccccc1-n1nc(C(C)(C)C)cc1NC(=O)Nc1ccc(-c2ccc(N3CCOCC3)cc2)c2ccccc12. The van der Waals surface area contributed by atoms with Gasteiger partial charge < -0.3 is 15.0 Å². The van der Waals surface area contributed by atoms with Crippen LogP contribution in [0.4, 0.5) is 22.0 Å². The summed E-state index contributed by atoms with van der Waals surface area (Å²) in [7, 11) is 0. The lowest BCUT2D eigenvalue weighted by atomic mass is 9.92. The van der Waals surface area contributed by atoms with Crippen LogP contribution in [-0.2, 0) is 10.2 Å². The second kappa shape index (κ2) is 11.3. The number of aromatic nitrogens is 2. The van der Waals surface area contributed by atoms with E-state index in [0.29, 0.717) is 5.82 Å². The number of fused-ring (bicyclic) bond motifs is 1. The molecular weight excluding hydrogens is 522 g/mol. The summed E-state index contributed by atoms with van der Waals surface area (Å²) < 4.78 is 7.32. The molecular formula is C35H37N5O2. The Morgan fingerprint density at radius 1 is 0.833 bits per heavy atom. The van der Waals surface area contributed by atoms with Gasteiger partial charge in [0.2, 0.25) is 0 Å². The molecule has 1 aliphatic heterocycles. The Morgan fingerprint density at radius 3 is 2.24 bits per heavy atom. The summed E-state index contributed by atoms with van der Waals surface area (Å²) in [6.07, 6.45) is 0. The Labute approximate surface area is 247 Å². The third-order valence-electron chi connectivity index (χ3n) is 7.79. The van der Waals surface area contributed by atoms with Crippen molar-refractivity contribution in [1.82, 2.24) is 9.78 Å². The summed E-state index contributed by atoms with van der Waals surface area (Å²) >= 11 is 0. The summed E-state index contributed by atoms with van der Waals surface area (Å²) in [6, 6.07) is 30.6. The number of ether oxygens (including phenoxy) is 1. The Balaban J connectivity index is 1.27. The summed E-state index contributed by atoms with van der Waals surface area (Å²) in [4.78, 5) is 15.8. The van der Waals surface area contributed by atoms with Crippen LogP contribution in [0.25, 0.3) is 27.6 Å². The molecule has 0 spiro atoms. The molecule has 1 aliphatic rings. The molecule has 214 valence electrons. The van der Waals surface area contributed by atoms with Crippen molar-refractivity contribution in [2.75, 3.05) is 41.8 Å². The molecule has 0 radical (unpaired) electrons. The van der Waals surface area contributed by atoms with Gasteiger partial charge in [-0.1, -0.05) is 81.4 Å². The molecule has 2 heterocycles. The molecule has 42 heavy (non-hydrogen) atoms. The molecule has 2 N–H and O–H groups in total. The highest BCUT2D eigenvalue weighted by molar-refractivity contribution is 6.09. The molecule has 0 bridgehead atoms. The highest BCUT2D eigenvalue weighted by Crippen LogP contribution is 2.35. The van der Waals surface area contributed by atoms with E-state index in [9.17, 15) is 4.79 Å². The molecule has 0 unspecified atom stereocenters. The number of amides is 2. The topological polar surface area (TPSA) is 71.4 Å². The lowest BCUT2D eigenvalue weighted by Gasteiger charge is -2.29. The van der Waals surface area contributed by atoms with Crippen LogP contribution < -0.4 is 15.5 Å². The monoisotopic (exact) mass is 559 g/mol. The van der Waals surface area contributed by atoms with Gasteiger partial charge in [0, 0.05) is 35.6 Å². The fourth-order valence-corrected chi connectivity index (χ4v) is 5.42. The average Bonchev–Trinajstić information content (AvgIpc) is 3.42. The molecule has 5 aromatic rings. The Kier molecular flexibility index (Phi) is 7.43. The van der Waals surface area contributed by atoms with Crippen LogP contribution in [0.3, 0.4) is 0 Å². The summed E-state index contributed by atoms with van der Waals surface area (Å²) in [5.41, 5.74) is 6.94. The number of hydrogen-bond donors (Lipinski definition) is 2. The van der Waals surface area contributed by atoms with Crippen LogP contribution in [0.2, 0.25) is 0 Å². The van der Waals surface area contributed by atoms with Gasteiger partial charge in [0.1, 0.15) is 5.82 Å². The fourth-order valence-electron chi connectivity index (χ4n) is 5.42. The minimum absolute atomic E-state index is 0.173. The largest absolute Gasteiger partial charge is 0.378 e. The number of anilines is 3. The number of urea groups is 1. The molecule has 7 nitrogen and oxygen atoms in total. The second-order valence-electron chi connectivity index (χ2n) is 11.8. The Hall–Kier alpha value is -4.62. The molecule has 0 saturated carbocycles. The van der Waals surface area contributed by atoms with Crippen molar-refractivity contribution in [1.29, 1.82) is 0 Å². The van der Waals surface area contributed by atoms with Gasteiger partial charge in [-0.15, -0.1) is 0 Å². The zero-order valence-electron chi connectivity index (χ0n) is 24.6. The highest BCUT2D eigenvalue weighted by atomic mass is 16.5. The van der Waals surface area contributed by atoms with Gasteiger partial charge in [-0.25, -0.2) is 9.48 Å². The van der Waals surface area contributed by atoms with E-state index < -0.39 is 0 Å². The zero-order chi connectivity index (χ0) is 29.3. The summed E-state index contributed by atoms with van der Waals surface area (Å²) in [5.74, 6) is 0.619. The molecule has 1 aromatic heterocycles. The first kappa shape index (κ1) is 27.5. The Bertz CT molecular complexity index is 1730. The third kappa shape index (κ3) is 5.60. The Morgan fingerprint density at radius 2 is 1.52 bits per heavy atom. The number of nitrogens with one attached hydrogen (secondary N) is 2. The molecule has 4 aromatic carbocycles. The van der Waals surface area contributed by atoms with E-state index in [4.69, 9.17) is 9.84 Å². The predicted molar refractivity (Wildman–Crippen MR) is 172 cm³/mol. The quantitative estimate of drug-likeness (QED) is 0.231. The molecule has 1 fully saturated rings. The number of carbonyl (C=O) groups excluding carboxylic acids is 1. The number of aryl methyl sites for hydroxylation is 1. The van der Waals surface area contributed by atoms with E-state index in [1.807, 2.05) is 66.2 Å². The van der Waals surface area contributed by atoms with Gasteiger partial charge in [-0.05, 0) is 53.3 Å². The highest BCUT2D eigenvalue weighted by Gasteiger charge is 2.22. The van der Waals surface area contributed by atoms with E-state index in [0.717, 1.165) is 70.8 Å². The number of benzene rings is 4. The van der Waals surface area contributed by atoms with E-state index in [1.54, 1.807) is 0 Å². The van der Waals surface area contributed by atoms with Crippen LogP contribution in [0.15, 0.2) is 91.0 Å². The smallest absolute Gasteiger partial charge is 0.324 e. The van der Waals surface area contributed by atoms with Crippen molar-refractivity contribution in [3.05, 3.63) is 102 Å². The number of rotatable bonds is 5. The first-order chi connectivity index (χ1) is 20.3. The van der Waals surface area contributed by atoms with Crippen LogP contribution in [-0.4, -0.2) is 42.1 Å². The van der Waals surface area contributed by atoms with Crippen molar-refractivity contribution >= 4 is 34.0 Å². The number of nitrogens with zero attached hydrogens (tertiary/aromatic N) is 3. The van der Waals surface area contributed by atoms with Crippen molar-refractivity contribution < 1.29 is 9.53 Å². The predicted octanol–water partition coefficient (Wildman–Crippen LogP) is 7.78. The van der Waals surface area contributed by atoms with Crippen molar-refractivity contribution in [3.8, 4) is 16.8 Å². The van der Waals surface area contributed by atoms with Crippen LogP contribution in [0.5, 0.6) is 0 Å². The van der Waals surface area contributed by atoms with Gasteiger partial charge in [-0.2, -0.15) is 5.10 Å². The lowest BCUT2D eigenvalue weighted by molar-refractivity contribution is 0.122. The normalized spacial score (nSPS) is 13.8. The number of morpholine rings is 1. The van der Waals surface area contributed by atoms with Gasteiger partial charge >= 0.3 is 6.03 Å². The summed E-state index contributed by atoms with van der Waals surface area (Å²) in [6.45, 7) is 11.7.